The molecule has 1 aromatic carbocycles. The molecule has 2 unspecified atom stereocenters. The van der Waals surface area contributed by atoms with Crippen LogP contribution in [0.4, 0.5) is 5.69 Å². The molecule has 7 heteroatoms. The van der Waals surface area contributed by atoms with Crippen molar-refractivity contribution in [2.45, 2.75) is 32.4 Å². The van der Waals surface area contributed by atoms with Gasteiger partial charge in [-0.05, 0) is 25.5 Å². The molecule has 7 nitrogen and oxygen atoms in total. The number of carbonyl (C=O) groups is 3. The second-order valence-corrected chi connectivity index (χ2v) is 5.02. The van der Waals surface area contributed by atoms with E-state index in [0.717, 1.165) is 0 Å². The average Bonchev–Trinajstić information content (AvgIpc) is 2.49. The topological polar surface area (TPSA) is 95.9 Å². The molecule has 0 aliphatic carbocycles. The van der Waals surface area contributed by atoms with E-state index < -0.39 is 24.0 Å². The van der Waals surface area contributed by atoms with E-state index in [1.807, 2.05) is 0 Å². The summed E-state index contributed by atoms with van der Waals surface area (Å²) in [5, 5.41) is 11.4. The minimum atomic E-state index is -1.10. The van der Waals surface area contributed by atoms with Gasteiger partial charge in [0.1, 0.15) is 18.3 Å². The maximum Gasteiger partial charge on any atom is 0.326 e. The Morgan fingerprint density at radius 2 is 2.09 bits per heavy atom. The summed E-state index contributed by atoms with van der Waals surface area (Å²) in [6.07, 6.45) is -0.422. The van der Waals surface area contributed by atoms with Gasteiger partial charge in [0.2, 0.25) is 5.91 Å². The van der Waals surface area contributed by atoms with Crippen molar-refractivity contribution < 1.29 is 24.2 Å². The van der Waals surface area contributed by atoms with Gasteiger partial charge in [-0.1, -0.05) is 19.1 Å². The first-order valence-corrected chi connectivity index (χ1v) is 7.03. The van der Waals surface area contributed by atoms with Crippen LogP contribution in [0.1, 0.15) is 20.3 Å². The average molecular weight is 306 g/mol. The number of benzene rings is 1. The Morgan fingerprint density at radius 3 is 2.73 bits per heavy atom. The highest BCUT2D eigenvalue weighted by Crippen LogP contribution is 2.33. The van der Waals surface area contributed by atoms with Gasteiger partial charge in [0.15, 0.2) is 6.10 Å². The van der Waals surface area contributed by atoms with Crippen LogP contribution in [-0.4, -0.2) is 41.6 Å². The van der Waals surface area contributed by atoms with Crippen LogP contribution in [0.25, 0.3) is 0 Å². The molecule has 22 heavy (non-hydrogen) atoms. The van der Waals surface area contributed by atoms with E-state index in [1.165, 1.54) is 4.90 Å². The highest BCUT2D eigenvalue weighted by atomic mass is 16.5. The van der Waals surface area contributed by atoms with Crippen molar-refractivity contribution in [1.82, 2.24) is 5.32 Å². The van der Waals surface area contributed by atoms with Gasteiger partial charge in [-0.25, -0.2) is 4.79 Å². The van der Waals surface area contributed by atoms with Crippen LogP contribution in [0.3, 0.4) is 0 Å². The van der Waals surface area contributed by atoms with Crippen molar-refractivity contribution >= 4 is 23.5 Å². The van der Waals surface area contributed by atoms with Gasteiger partial charge < -0.3 is 15.2 Å². The van der Waals surface area contributed by atoms with E-state index in [1.54, 1.807) is 38.1 Å². The third-order valence-electron chi connectivity index (χ3n) is 3.42. The van der Waals surface area contributed by atoms with E-state index in [0.29, 0.717) is 11.4 Å². The number of hydrogen-bond acceptors (Lipinski definition) is 4. The fourth-order valence-corrected chi connectivity index (χ4v) is 2.24. The van der Waals surface area contributed by atoms with Gasteiger partial charge in [0, 0.05) is 0 Å². The van der Waals surface area contributed by atoms with Crippen LogP contribution in [0.5, 0.6) is 5.75 Å². The predicted octanol–water partition coefficient (Wildman–Crippen LogP) is 0.780. The molecule has 1 aliphatic rings. The molecule has 2 amide bonds. The smallest absolute Gasteiger partial charge is 0.326 e. The van der Waals surface area contributed by atoms with Crippen molar-refractivity contribution in [3.8, 4) is 5.75 Å². The molecular formula is C15H18N2O5. The van der Waals surface area contributed by atoms with Gasteiger partial charge in [0.05, 0.1) is 5.69 Å². The summed E-state index contributed by atoms with van der Waals surface area (Å²) in [5.41, 5.74) is 0.504. The van der Waals surface area contributed by atoms with Crippen molar-refractivity contribution in [2.24, 2.45) is 0 Å². The van der Waals surface area contributed by atoms with Gasteiger partial charge in [-0.3, -0.25) is 14.5 Å². The molecular weight excluding hydrogens is 288 g/mol. The molecule has 0 saturated carbocycles. The summed E-state index contributed by atoms with van der Waals surface area (Å²) in [5.74, 6) is -1.44. The summed E-state index contributed by atoms with van der Waals surface area (Å²) in [6, 6.07) is 5.95. The lowest BCUT2D eigenvalue weighted by Crippen LogP contribution is -2.51. The standard InChI is InChI=1S/C15H18N2O5/c1-3-10(15(20)21)16-13(18)8-17-11-6-4-5-7-12(11)22-9(2)14(17)19/h4-7,9-10H,3,8H2,1-2H3,(H,16,18)(H,20,21). The largest absolute Gasteiger partial charge is 0.480 e. The Bertz CT molecular complexity index is 601. The first-order chi connectivity index (χ1) is 10.4. The van der Waals surface area contributed by atoms with E-state index in [9.17, 15) is 14.4 Å². The van der Waals surface area contributed by atoms with E-state index in [2.05, 4.69) is 5.32 Å². The monoisotopic (exact) mass is 306 g/mol. The second-order valence-electron chi connectivity index (χ2n) is 5.02. The number of nitrogens with one attached hydrogen (secondary N) is 1. The van der Waals surface area contributed by atoms with Crippen LogP contribution in [0.2, 0.25) is 0 Å². The maximum absolute atomic E-state index is 12.2. The van der Waals surface area contributed by atoms with E-state index >= 15 is 0 Å². The Hall–Kier alpha value is -2.57. The molecule has 0 radical (unpaired) electrons. The lowest BCUT2D eigenvalue weighted by Gasteiger charge is -2.32. The SMILES string of the molecule is CCC(NC(=O)CN1C(=O)C(C)Oc2ccccc21)C(=O)O. The predicted molar refractivity (Wildman–Crippen MR) is 78.7 cm³/mol. The summed E-state index contributed by atoms with van der Waals surface area (Å²) in [4.78, 5) is 36.5. The van der Waals surface area contributed by atoms with Crippen molar-refractivity contribution in [3.63, 3.8) is 0 Å². The van der Waals surface area contributed by atoms with Crippen LogP contribution in [0.15, 0.2) is 24.3 Å². The number of carbonyl (C=O) groups excluding carboxylic acids is 2. The fourth-order valence-electron chi connectivity index (χ4n) is 2.24. The van der Waals surface area contributed by atoms with Crippen molar-refractivity contribution in [2.75, 3.05) is 11.4 Å². The highest BCUT2D eigenvalue weighted by molar-refractivity contribution is 6.04. The molecule has 2 N–H and O–H groups in total. The third kappa shape index (κ3) is 3.19. The summed E-state index contributed by atoms with van der Waals surface area (Å²) >= 11 is 0. The molecule has 0 saturated heterocycles. The number of fused-ring (bicyclic) bond motifs is 1. The number of amides is 2. The van der Waals surface area contributed by atoms with Gasteiger partial charge in [-0.2, -0.15) is 0 Å². The molecule has 0 bridgehead atoms. The summed E-state index contributed by atoms with van der Waals surface area (Å²) < 4.78 is 5.48. The molecule has 2 rings (SSSR count). The molecule has 118 valence electrons. The fraction of sp³-hybridized carbons (Fsp3) is 0.400. The number of hydrogen-bond donors (Lipinski definition) is 2. The Balaban J connectivity index is 2.16. The third-order valence-corrected chi connectivity index (χ3v) is 3.42. The van der Waals surface area contributed by atoms with Crippen molar-refractivity contribution in [1.29, 1.82) is 0 Å². The number of para-hydroxylation sites is 2. The number of carboxylic acids is 1. The van der Waals surface area contributed by atoms with Crippen LogP contribution in [0, 0.1) is 0 Å². The zero-order valence-electron chi connectivity index (χ0n) is 12.4. The number of aliphatic carboxylic acids is 1. The number of rotatable bonds is 5. The quantitative estimate of drug-likeness (QED) is 0.838. The zero-order valence-corrected chi connectivity index (χ0v) is 12.4. The number of carboxylic acid groups (broad SMARTS) is 1. The Labute approximate surface area is 127 Å². The molecule has 0 spiro atoms. The van der Waals surface area contributed by atoms with Crippen LogP contribution < -0.4 is 15.0 Å². The minimum Gasteiger partial charge on any atom is -0.480 e. The van der Waals surface area contributed by atoms with Crippen LogP contribution >= 0.6 is 0 Å². The van der Waals surface area contributed by atoms with E-state index in [4.69, 9.17) is 9.84 Å². The molecule has 2 atom stereocenters. The van der Waals surface area contributed by atoms with Gasteiger partial charge >= 0.3 is 5.97 Å². The Kier molecular flexibility index (Phi) is 4.65. The van der Waals surface area contributed by atoms with Gasteiger partial charge in [-0.15, -0.1) is 0 Å². The summed E-state index contributed by atoms with van der Waals surface area (Å²) in [6.45, 7) is 3.03. The Morgan fingerprint density at radius 1 is 1.41 bits per heavy atom. The number of anilines is 1. The normalized spacial score (nSPS) is 18.2. The number of ether oxygens (including phenoxy) is 1. The number of nitrogens with zero attached hydrogens (tertiary/aromatic N) is 1. The molecule has 1 heterocycles. The minimum absolute atomic E-state index is 0.243. The lowest BCUT2D eigenvalue weighted by molar-refractivity contribution is -0.141. The lowest BCUT2D eigenvalue weighted by atomic mass is 10.2. The molecule has 1 aromatic rings. The highest BCUT2D eigenvalue weighted by Gasteiger charge is 2.33. The molecule has 0 aromatic heterocycles. The van der Waals surface area contributed by atoms with Crippen molar-refractivity contribution in [3.05, 3.63) is 24.3 Å². The first-order valence-electron chi connectivity index (χ1n) is 7.03. The zero-order chi connectivity index (χ0) is 16.3. The summed E-state index contributed by atoms with van der Waals surface area (Å²) in [7, 11) is 0. The first kappa shape index (κ1) is 15.8. The second kappa shape index (κ2) is 6.46. The molecule has 0 fully saturated rings. The van der Waals surface area contributed by atoms with Crippen LogP contribution in [-0.2, 0) is 14.4 Å². The molecule has 1 aliphatic heterocycles. The van der Waals surface area contributed by atoms with Gasteiger partial charge in [0.25, 0.3) is 5.91 Å². The maximum atomic E-state index is 12.2. The van der Waals surface area contributed by atoms with E-state index in [-0.39, 0.29) is 18.9 Å².